The van der Waals surface area contributed by atoms with Gasteiger partial charge in [-0.05, 0) is 31.4 Å². The highest BCUT2D eigenvalue weighted by Gasteiger charge is 2.30. The molecule has 1 aliphatic rings. The monoisotopic (exact) mass is 234 g/mol. The summed E-state index contributed by atoms with van der Waals surface area (Å²) in [5, 5.41) is 3.57. The van der Waals surface area contributed by atoms with Crippen LogP contribution in [0.2, 0.25) is 0 Å². The lowest BCUT2D eigenvalue weighted by Gasteiger charge is -2.17. The van der Waals surface area contributed by atoms with E-state index in [0.29, 0.717) is 6.04 Å². The van der Waals surface area contributed by atoms with Gasteiger partial charge in [-0.3, -0.25) is 0 Å². The number of rotatable bonds is 6. The van der Waals surface area contributed by atoms with Gasteiger partial charge in [0.15, 0.2) is 0 Å². The minimum atomic E-state index is 0.588. The maximum atomic E-state index is 4.58. The van der Waals surface area contributed by atoms with E-state index in [1.165, 1.54) is 12.8 Å². The number of likely N-dealkylation sites (N-methyl/N-ethyl adjacent to an activating group) is 1. The van der Waals surface area contributed by atoms with E-state index in [1.54, 1.807) is 0 Å². The lowest BCUT2D eigenvalue weighted by Crippen LogP contribution is -2.33. The summed E-state index contributed by atoms with van der Waals surface area (Å²) in [5.74, 6) is 1.65. The predicted octanol–water partition coefficient (Wildman–Crippen LogP) is 1.47. The molecule has 1 unspecified atom stereocenters. The van der Waals surface area contributed by atoms with Gasteiger partial charge in [0.2, 0.25) is 5.95 Å². The smallest absolute Gasteiger partial charge is 0.224 e. The van der Waals surface area contributed by atoms with E-state index in [4.69, 9.17) is 0 Å². The highest BCUT2D eigenvalue weighted by Crippen LogP contribution is 2.33. The van der Waals surface area contributed by atoms with Crippen LogP contribution in [-0.4, -0.2) is 36.6 Å². The van der Waals surface area contributed by atoms with Crippen LogP contribution < -0.4 is 10.2 Å². The van der Waals surface area contributed by atoms with Crippen LogP contribution in [0.3, 0.4) is 0 Å². The molecule has 0 spiro atoms. The molecule has 94 valence electrons. The van der Waals surface area contributed by atoms with Crippen molar-refractivity contribution in [2.24, 2.45) is 5.92 Å². The Morgan fingerprint density at radius 2 is 2.24 bits per heavy atom. The first-order valence-electron chi connectivity index (χ1n) is 6.43. The second-order valence-electron chi connectivity index (χ2n) is 4.95. The minimum absolute atomic E-state index is 0.588. The molecular formula is C13H22N4. The molecule has 0 radical (unpaired) electrons. The fraction of sp³-hybridized carbons (Fsp3) is 0.692. The standard InChI is InChI=1S/C13H22N4/c1-4-14-12(10-5-6-10)9-11-7-8-15-13(16-11)17(2)3/h7-8,10,12,14H,4-6,9H2,1-3H3. The summed E-state index contributed by atoms with van der Waals surface area (Å²) >= 11 is 0. The lowest BCUT2D eigenvalue weighted by molar-refractivity contribution is 0.468. The highest BCUT2D eigenvalue weighted by atomic mass is 15.2. The Morgan fingerprint density at radius 1 is 1.47 bits per heavy atom. The van der Waals surface area contributed by atoms with Gasteiger partial charge in [0, 0.05) is 38.4 Å². The molecule has 0 aromatic carbocycles. The van der Waals surface area contributed by atoms with Crippen molar-refractivity contribution in [2.75, 3.05) is 25.5 Å². The minimum Gasteiger partial charge on any atom is -0.347 e. The molecule has 1 heterocycles. The second kappa shape index (κ2) is 5.45. The maximum absolute atomic E-state index is 4.58. The average Bonchev–Trinajstić information content (AvgIpc) is 3.13. The van der Waals surface area contributed by atoms with Crippen LogP contribution in [0.4, 0.5) is 5.95 Å². The highest BCUT2D eigenvalue weighted by molar-refractivity contribution is 5.27. The van der Waals surface area contributed by atoms with Crippen molar-refractivity contribution in [3.8, 4) is 0 Å². The molecule has 1 aromatic heterocycles. The molecule has 1 aromatic rings. The van der Waals surface area contributed by atoms with Crippen molar-refractivity contribution in [2.45, 2.75) is 32.2 Å². The largest absolute Gasteiger partial charge is 0.347 e. The lowest BCUT2D eigenvalue weighted by atomic mass is 10.1. The van der Waals surface area contributed by atoms with Crippen molar-refractivity contribution in [1.82, 2.24) is 15.3 Å². The van der Waals surface area contributed by atoms with Gasteiger partial charge in [0.05, 0.1) is 0 Å². The van der Waals surface area contributed by atoms with Crippen LogP contribution in [0.15, 0.2) is 12.3 Å². The summed E-state index contributed by atoms with van der Waals surface area (Å²) in [6.45, 7) is 3.20. The fourth-order valence-corrected chi connectivity index (χ4v) is 2.11. The van der Waals surface area contributed by atoms with E-state index < -0.39 is 0 Å². The Morgan fingerprint density at radius 3 is 2.82 bits per heavy atom. The normalized spacial score (nSPS) is 16.9. The Bertz CT molecular complexity index is 360. The van der Waals surface area contributed by atoms with E-state index in [9.17, 15) is 0 Å². The molecule has 1 atom stereocenters. The van der Waals surface area contributed by atoms with Gasteiger partial charge < -0.3 is 10.2 Å². The number of anilines is 1. The first-order valence-corrected chi connectivity index (χ1v) is 6.43. The Hall–Kier alpha value is -1.16. The summed E-state index contributed by atoms with van der Waals surface area (Å²) in [4.78, 5) is 10.8. The average molecular weight is 234 g/mol. The van der Waals surface area contributed by atoms with Crippen molar-refractivity contribution < 1.29 is 0 Å². The van der Waals surface area contributed by atoms with Gasteiger partial charge in [-0.25, -0.2) is 9.97 Å². The molecule has 0 amide bonds. The third-order valence-corrected chi connectivity index (χ3v) is 3.19. The van der Waals surface area contributed by atoms with Crippen molar-refractivity contribution in [1.29, 1.82) is 0 Å². The third kappa shape index (κ3) is 3.40. The predicted molar refractivity (Wildman–Crippen MR) is 70.3 cm³/mol. The van der Waals surface area contributed by atoms with E-state index in [-0.39, 0.29) is 0 Å². The Labute approximate surface area is 103 Å². The molecule has 1 fully saturated rings. The van der Waals surface area contributed by atoms with Crippen molar-refractivity contribution in [3.63, 3.8) is 0 Å². The van der Waals surface area contributed by atoms with Crippen LogP contribution in [0.1, 0.15) is 25.5 Å². The molecule has 4 nitrogen and oxygen atoms in total. The number of hydrogen-bond acceptors (Lipinski definition) is 4. The summed E-state index contributed by atoms with van der Waals surface area (Å²) in [6, 6.07) is 2.62. The summed E-state index contributed by atoms with van der Waals surface area (Å²) in [6.07, 6.45) is 5.60. The molecule has 17 heavy (non-hydrogen) atoms. The topological polar surface area (TPSA) is 41.1 Å². The number of nitrogens with one attached hydrogen (secondary N) is 1. The van der Waals surface area contributed by atoms with Crippen LogP contribution in [0.25, 0.3) is 0 Å². The van der Waals surface area contributed by atoms with E-state index in [0.717, 1.165) is 30.5 Å². The van der Waals surface area contributed by atoms with Crippen molar-refractivity contribution >= 4 is 5.95 Å². The third-order valence-electron chi connectivity index (χ3n) is 3.19. The first kappa shape index (κ1) is 12.3. The molecule has 1 aliphatic carbocycles. The van der Waals surface area contributed by atoms with Crippen molar-refractivity contribution in [3.05, 3.63) is 18.0 Å². The summed E-state index contributed by atoms with van der Waals surface area (Å²) < 4.78 is 0. The Kier molecular flexibility index (Phi) is 3.94. The van der Waals surface area contributed by atoms with Crippen LogP contribution in [0, 0.1) is 5.92 Å². The molecule has 1 N–H and O–H groups in total. The number of hydrogen-bond donors (Lipinski definition) is 1. The van der Waals surface area contributed by atoms with Gasteiger partial charge in [0.1, 0.15) is 0 Å². The first-order chi connectivity index (χ1) is 8.20. The molecule has 4 heteroatoms. The molecular weight excluding hydrogens is 212 g/mol. The zero-order chi connectivity index (χ0) is 12.3. The molecule has 2 rings (SSSR count). The van der Waals surface area contributed by atoms with Gasteiger partial charge in [-0.1, -0.05) is 6.92 Å². The molecule has 0 saturated heterocycles. The SMILES string of the molecule is CCNC(Cc1ccnc(N(C)C)n1)C1CC1. The summed E-state index contributed by atoms with van der Waals surface area (Å²) in [5.41, 5.74) is 1.14. The van der Waals surface area contributed by atoms with E-state index in [1.807, 2.05) is 31.3 Å². The summed E-state index contributed by atoms with van der Waals surface area (Å²) in [7, 11) is 3.95. The zero-order valence-corrected chi connectivity index (χ0v) is 11.0. The van der Waals surface area contributed by atoms with Gasteiger partial charge in [0.25, 0.3) is 0 Å². The Balaban J connectivity index is 2.03. The number of nitrogens with zero attached hydrogens (tertiary/aromatic N) is 3. The maximum Gasteiger partial charge on any atom is 0.224 e. The van der Waals surface area contributed by atoms with Gasteiger partial charge in [-0.15, -0.1) is 0 Å². The van der Waals surface area contributed by atoms with Crippen LogP contribution in [0.5, 0.6) is 0 Å². The second-order valence-corrected chi connectivity index (χ2v) is 4.95. The molecule has 0 bridgehead atoms. The van der Waals surface area contributed by atoms with E-state index >= 15 is 0 Å². The van der Waals surface area contributed by atoms with Crippen LogP contribution >= 0.6 is 0 Å². The molecule has 1 saturated carbocycles. The fourth-order valence-electron chi connectivity index (χ4n) is 2.11. The molecule has 0 aliphatic heterocycles. The van der Waals surface area contributed by atoms with Crippen LogP contribution in [-0.2, 0) is 6.42 Å². The quantitative estimate of drug-likeness (QED) is 0.809. The number of aromatic nitrogens is 2. The van der Waals surface area contributed by atoms with Gasteiger partial charge in [-0.2, -0.15) is 0 Å². The van der Waals surface area contributed by atoms with E-state index in [2.05, 4.69) is 22.2 Å². The zero-order valence-electron chi connectivity index (χ0n) is 11.0. The van der Waals surface area contributed by atoms with Gasteiger partial charge >= 0.3 is 0 Å².